The molecule has 21 heavy (non-hydrogen) atoms. The van der Waals surface area contributed by atoms with Crippen molar-refractivity contribution in [2.24, 2.45) is 0 Å². The minimum absolute atomic E-state index is 0.0835. The molecule has 4 heteroatoms. The Hall–Kier alpha value is -2.80. The number of amides is 1. The first-order valence-corrected chi connectivity index (χ1v) is 6.73. The fourth-order valence-electron chi connectivity index (χ4n) is 2.06. The van der Waals surface area contributed by atoms with Crippen molar-refractivity contribution in [3.63, 3.8) is 0 Å². The van der Waals surface area contributed by atoms with E-state index >= 15 is 0 Å². The highest BCUT2D eigenvalue weighted by Crippen LogP contribution is 2.22. The van der Waals surface area contributed by atoms with Gasteiger partial charge in [0.25, 0.3) is 0 Å². The molecule has 0 radical (unpaired) electrons. The quantitative estimate of drug-likeness (QED) is 0.897. The summed E-state index contributed by atoms with van der Waals surface area (Å²) in [5.74, 6) is -0.0835. The first-order valence-electron chi connectivity index (χ1n) is 6.73. The molecule has 1 unspecified atom stereocenters. The number of benzene rings is 2. The van der Waals surface area contributed by atoms with Gasteiger partial charge in [-0.05, 0) is 48.9 Å². The van der Waals surface area contributed by atoms with Gasteiger partial charge in [0.1, 0.15) is 0 Å². The van der Waals surface area contributed by atoms with E-state index in [1.165, 1.54) is 6.92 Å². The van der Waals surface area contributed by atoms with Crippen LogP contribution in [0.5, 0.6) is 0 Å². The standard InChI is InChI=1S/C17H17N3O/c1-12(19-16-8-6-14(11-18)7-9-16)15-4-3-5-17(10-15)20-13(2)21/h3-10,12,19H,1-2H3,(H,20,21). The summed E-state index contributed by atoms with van der Waals surface area (Å²) in [5.41, 5.74) is 3.45. The molecule has 0 spiro atoms. The van der Waals surface area contributed by atoms with Crippen molar-refractivity contribution in [2.45, 2.75) is 19.9 Å². The van der Waals surface area contributed by atoms with Gasteiger partial charge in [-0.3, -0.25) is 4.79 Å². The molecule has 0 bridgehead atoms. The molecule has 4 nitrogen and oxygen atoms in total. The summed E-state index contributed by atoms with van der Waals surface area (Å²) in [7, 11) is 0. The first kappa shape index (κ1) is 14.6. The van der Waals surface area contributed by atoms with Gasteiger partial charge in [-0.1, -0.05) is 12.1 Å². The third-order valence-corrected chi connectivity index (χ3v) is 3.10. The van der Waals surface area contributed by atoms with E-state index in [0.717, 1.165) is 16.9 Å². The fourth-order valence-corrected chi connectivity index (χ4v) is 2.06. The van der Waals surface area contributed by atoms with Crippen LogP contribution >= 0.6 is 0 Å². The summed E-state index contributed by atoms with van der Waals surface area (Å²) in [4.78, 5) is 11.1. The van der Waals surface area contributed by atoms with Gasteiger partial charge < -0.3 is 10.6 Å². The van der Waals surface area contributed by atoms with Crippen molar-refractivity contribution >= 4 is 17.3 Å². The molecule has 0 saturated carbocycles. The Morgan fingerprint density at radius 2 is 1.86 bits per heavy atom. The smallest absolute Gasteiger partial charge is 0.221 e. The monoisotopic (exact) mass is 279 g/mol. The van der Waals surface area contributed by atoms with E-state index in [9.17, 15) is 4.79 Å². The summed E-state index contributed by atoms with van der Waals surface area (Å²) in [6.45, 7) is 3.54. The highest BCUT2D eigenvalue weighted by molar-refractivity contribution is 5.88. The lowest BCUT2D eigenvalue weighted by atomic mass is 10.1. The molecule has 0 heterocycles. The number of nitrogens with zero attached hydrogens (tertiary/aromatic N) is 1. The van der Waals surface area contributed by atoms with E-state index in [0.29, 0.717) is 5.56 Å². The Morgan fingerprint density at radius 3 is 2.48 bits per heavy atom. The SMILES string of the molecule is CC(=O)Nc1cccc(C(C)Nc2ccc(C#N)cc2)c1. The van der Waals surface area contributed by atoms with Gasteiger partial charge in [0.05, 0.1) is 11.6 Å². The molecule has 0 aromatic heterocycles. The van der Waals surface area contributed by atoms with Crippen molar-refractivity contribution in [1.29, 1.82) is 5.26 Å². The molecule has 1 amide bonds. The van der Waals surface area contributed by atoms with Crippen molar-refractivity contribution in [2.75, 3.05) is 10.6 Å². The zero-order chi connectivity index (χ0) is 15.2. The van der Waals surface area contributed by atoms with E-state index in [-0.39, 0.29) is 11.9 Å². The Labute approximate surface area is 124 Å². The van der Waals surface area contributed by atoms with Gasteiger partial charge in [0, 0.05) is 24.3 Å². The minimum atomic E-state index is -0.0835. The maximum atomic E-state index is 11.1. The Bertz CT molecular complexity index is 671. The number of carbonyl (C=O) groups is 1. The lowest BCUT2D eigenvalue weighted by Crippen LogP contribution is -2.09. The van der Waals surface area contributed by atoms with Crippen LogP contribution in [0.3, 0.4) is 0 Å². The van der Waals surface area contributed by atoms with Crippen LogP contribution in [0.4, 0.5) is 11.4 Å². The van der Waals surface area contributed by atoms with Crippen LogP contribution in [-0.2, 0) is 4.79 Å². The molecule has 106 valence electrons. The van der Waals surface area contributed by atoms with E-state index in [2.05, 4.69) is 16.7 Å². The van der Waals surface area contributed by atoms with Crippen LogP contribution in [-0.4, -0.2) is 5.91 Å². The van der Waals surface area contributed by atoms with E-state index in [4.69, 9.17) is 5.26 Å². The maximum Gasteiger partial charge on any atom is 0.221 e. The molecular formula is C17H17N3O. The Morgan fingerprint density at radius 1 is 1.14 bits per heavy atom. The molecule has 0 fully saturated rings. The molecule has 0 saturated heterocycles. The predicted molar refractivity (Wildman–Crippen MR) is 83.9 cm³/mol. The zero-order valence-electron chi connectivity index (χ0n) is 12.1. The van der Waals surface area contributed by atoms with Crippen LogP contribution in [0.1, 0.15) is 31.0 Å². The molecule has 0 aliphatic heterocycles. The van der Waals surface area contributed by atoms with Crippen LogP contribution in [0, 0.1) is 11.3 Å². The van der Waals surface area contributed by atoms with Gasteiger partial charge in [0.2, 0.25) is 5.91 Å². The molecule has 2 N–H and O–H groups in total. The van der Waals surface area contributed by atoms with Crippen molar-refractivity contribution in [1.82, 2.24) is 0 Å². The average Bonchev–Trinajstić information content (AvgIpc) is 2.47. The third-order valence-electron chi connectivity index (χ3n) is 3.10. The van der Waals surface area contributed by atoms with Crippen molar-refractivity contribution in [3.8, 4) is 6.07 Å². The van der Waals surface area contributed by atoms with Crippen LogP contribution < -0.4 is 10.6 Å². The van der Waals surface area contributed by atoms with Gasteiger partial charge in [-0.15, -0.1) is 0 Å². The number of carbonyl (C=O) groups excluding carboxylic acids is 1. The summed E-state index contributed by atoms with van der Waals surface area (Å²) in [5, 5.41) is 14.9. The van der Waals surface area contributed by atoms with Crippen LogP contribution in [0.25, 0.3) is 0 Å². The van der Waals surface area contributed by atoms with Crippen LogP contribution in [0.15, 0.2) is 48.5 Å². The third kappa shape index (κ3) is 4.08. The second-order valence-corrected chi connectivity index (χ2v) is 4.86. The Kier molecular flexibility index (Phi) is 4.57. The van der Waals surface area contributed by atoms with E-state index in [1.54, 1.807) is 12.1 Å². The van der Waals surface area contributed by atoms with Gasteiger partial charge in [-0.25, -0.2) is 0 Å². The largest absolute Gasteiger partial charge is 0.379 e. The highest BCUT2D eigenvalue weighted by atomic mass is 16.1. The predicted octanol–water partition coefficient (Wildman–Crippen LogP) is 3.69. The number of hydrogen-bond acceptors (Lipinski definition) is 3. The summed E-state index contributed by atoms with van der Waals surface area (Å²) < 4.78 is 0. The molecule has 2 aromatic carbocycles. The van der Waals surface area contributed by atoms with Gasteiger partial charge in [0.15, 0.2) is 0 Å². The summed E-state index contributed by atoms with van der Waals surface area (Å²) in [6, 6.07) is 17.2. The minimum Gasteiger partial charge on any atom is -0.379 e. The summed E-state index contributed by atoms with van der Waals surface area (Å²) >= 11 is 0. The summed E-state index contributed by atoms with van der Waals surface area (Å²) in [6.07, 6.45) is 0. The molecule has 0 aliphatic carbocycles. The van der Waals surface area contributed by atoms with Crippen molar-refractivity contribution in [3.05, 3.63) is 59.7 Å². The van der Waals surface area contributed by atoms with Crippen molar-refractivity contribution < 1.29 is 4.79 Å². The number of rotatable bonds is 4. The molecule has 1 atom stereocenters. The molecule has 0 aliphatic rings. The number of nitrogens with one attached hydrogen (secondary N) is 2. The van der Waals surface area contributed by atoms with E-state index in [1.807, 2.05) is 43.3 Å². The fraction of sp³-hybridized carbons (Fsp3) is 0.176. The second-order valence-electron chi connectivity index (χ2n) is 4.86. The van der Waals surface area contributed by atoms with Crippen LogP contribution in [0.2, 0.25) is 0 Å². The molecular weight excluding hydrogens is 262 g/mol. The number of anilines is 2. The topological polar surface area (TPSA) is 64.9 Å². The zero-order valence-corrected chi connectivity index (χ0v) is 12.1. The molecule has 2 rings (SSSR count). The lowest BCUT2D eigenvalue weighted by Gasteiger charge is -2.16. The normalized spacial score (nSPS) is 11.3. The Balaban J connectivity index is 2.10. The second kappa shape index (κ2) is 6.58. The van der Waals surface area contributed by atoms with Gasteiger partial charge in [-0.2, -0.15) is 5.26 Å². The average molecular weight is 279 g/mol. The first-order chi connectivity index (χ1) is 10.1. The number of hydrogen-bond donors (Lipinski definition) is 2. The molecule has 2 aromatic rings. The maximum absolute atomic E-state index is 11.1. The highest BCUT2D eigenvalue weighted by Gasteiger charge is 2.06. The number of nitriles is 1. The van der Waals surface area contributed by atoms with Gasteiger partial charge >= 0.3 is 0 Å². The van der Waals surface area contributed by atoms with E-state index < -0.39 is 0 Å². The lowest BCUT2D eigenvalue weighted by molar-refractivity contribution is -0.114.